The Kier molecular flexibility index (Phi) is 5.49. The van der Waals surface area contributed by atoms with Gasteiger partial charge in [0.15, 0.2) is 0 Å². The van der Waals surface area contributed by atoms with Crippen LogP contribution in [-0.2, 0) is 14.4 Å². The van der Waals surface area contributed by atoms with Crippen LogP contribution in [0.4, 0.5) is 5.69 Å². The maximum atomic E-state index is 13.1. The second kappa shape index (κ2) is 7.67. The highest BCUT2D eigenvalue weighted by molar-refractivity contribution is 6.10. The molecule has 3 rings (SSSR count). The third kappa shape index (κ3) is 3.82. The summed E-state index contributed by atoms with van der Waals surface area (Å²) in [6, 6.07) is 5.04. The number of likely N-dealkylation sites (tertiary alicyclic amines) is 1. The van der Waals surface area contributed by atoms with Crippen LogP contribution in [0.1, 0.15) is 44.2 Å². The van der Waals surface area contributed by atoms with Gasteiger partial charge in [-0.15, -0.1) is 0 Å². The molecule has 5 heteroatoms. The number of carbonyl (C=O) groups excluding carboxylic acids is 3. The van der Waals surface area contributed by atoms with Gasteiger partial charge in [0, 0.05) is 5.69 Å². The zero-order valence-electron chi connectivity index (χ0n) is 16.5. The highest BCUT2D eigenvalue weighted by Gasteiger charge is 2.51. The van der Waals surface area contributed by atoms with Crippen molar-refractivity contribution in [1.82, 2.24) is 4.90 Å². The largest absolute Gasteiger partial charge is 0.324 e. The van der Waals surface area contributed by atoms with Crippen LogP contribution < -0.4 is 5.32 Å². The minimum Gasteiger partial charge on any atom is -0.324 e. The van der Waals surface area contributed by atoms with Crippen LogP contribution in [0.3, 0.4) is 0 Å². The number of fused-ring (bicyclic) bond motifs is 1. The number of hydrogen-bond acceptors (Lipinski definition) is 3. The fraction of sp³-hybridized carbons (Fsp3) is 0.500. The number of allylic oxidation sites excluding steroid dienone is 2. The highest BCUT2D eigenvalue weighted by atomic mass is 16.2. The lowest BCUT2D eigenvalue weighted by Crippen LogP contribution is -2.48. The van der Waals surface area contributed by atoms with E-state index in [1.54, 1.807) is 0 Å². The molecule has 1 aromatic carbocycles. The number of hydrogen-bond donors (Lipinski definition) is 1. The maximum absolute atomic E-state index is 13.1. The summed E-state index contributed by atoms with van der Waals surface area (Å²) >= 11 is 0. The molecular formula is C22H28N2O3. The third-order valence-electron chi connectivity index (χ3n) is 5.49. The van der Waals surface area contributed by atoms with Crippen LogP contribution in [0.15, 0.2) is 30.4 Å². The number of carbonyl (C=O) groups is 3. The summed E-state index contributed by atoms with van der Waals surface area (Å²) in [6.45, 7) is 7.93. The first kappa shape index (κ1) is 19.3. The Morgan fingerprint density at radius 1 is 1.11 bits per heavy atom. The molecule has 5 nitrogen and oxygen atoms in total. The van der Waals surface area contributed by atoms with Crippen LogP contribution in [0.2, 0.25) is 0 Å². The molecule has 0 spiro atoms. The van der Waals surface area contributed by atoms with Crippen molar-refractivity contribution in [3.8, 4) is 0 Å². The van der Waals surface area contributed by atoms with Crippen molar-refractivity contribution >= 4 is 23.4 Å². The zero-order valence-corrected chi connectivity index (χ0v) is 16.5. The molecule has 0 radical (unpaired) electrons. The van der Waals surface area contributed by atoms with Crippen molar-refractivity contribution in [2.45, 2.75) is 53.0 Å². The Morgan fingerprint density at radius 3 is 2.22 bits per heavy atom. The standard InChI is InChI=1S/C22H28N2O3/c1-13(2)11-19(20(25)23-18-10-9-14(3)12-15(18)4)24-21(26)16-7-5-6-8-17(16)22(24)27/h5-6,9-10,12-13,16-17,19H,7-8,11H2,1-4H3,(H,23,25). The Bertz CT molecular complexity index is 771. The minimum absolute atomic E-state index is 0.182. The number of nitrogens with zero attached hydrogens (tertiary/aromatic N) is 1. The first-order valence-corrected chi connectivity index (χ1v) is 9.69. The van der Waals surface area contributed by atoms with Gasteiger partial charge in [-0.25, -0.2) is 0 Å². The summed E-state index contributed by atoms with van der Waals surface area (Å²) in [5.74, 6) is -1.13. The van der Waals surface area contributed by atoms with Crippen molar-refractivity contribution in [2.24, 2.45) is 17.8 Å². The highest BCUT2D eigenvalue weighted by Crippen LogP contribution is 2.37. The molecule has 1 saturated heterocycles. The van der Waals surface area contributed by atoms with E-state index in [1.807, 2.05) is 58.0 Å². The predicted octanol–water partition coefficient (Wildman–Crippen LogP) is 3.61. The summed E-state index contributed by atoms with van der Waals surface area (Å²) in [6.07, 6.45) is 5.55. The fourth-order valence-corrected chi connectivity index (χ4v) is 4.08. The lowest BCUT2D eigenvalue weighted by atomic mass is 9.85. The molecule has 0 saturated carbocycles. The second-order valence-electron chi connectivity index (χ2n) is 8.16. The first-order chi connectivity index (χ1) is 12.8. The van der Waals surface area contributed by atoms with E-state index >= 15 is 0 Å². The average Bonchev–Trinajstić information content (AvgIpc) is 2.86. The lowest BCUT2D eigenvalue weighted by molar-refractivity contribution is -0.147. The molecule has 1 aliphatic carbocycles. The van der Waals surface area contributed by atoms with Crippen molar-refractivity contribution in [3.05, 3.63) is 41.5 Å². The Labute approximate surface area is 160 Å². The summed E-state index contributed by atoms with van der Waals surface area (Å²) in [7, 11) is 0. The van der Waals surface area contributed by atoms with Gasteiger partial charge in [-0.1, -0.05) is 43.7 Å². The van der Waals surface area contributed by atoms with E-state index in [4.69, 9.17) is 0 Å². The van der Waals surface area contributed by atoms with Gasteiger partial charge in [0.25, 0.3) is 0 Å². The Hall–Kier alpha value is -2.43. The molecule has 1 aliphatic heterocycles. The number of amides is 3. The molecule has 27 heavy (non-hydrogen) atoms. The summed E-state index contributed by atoms with van der Waals surface area (Å²) in [4.78, 5) is 40.2. The molecule has 1 fully saturated rings. The molecule has 3 unspecified atom stereocenters. The molecule has 2 aliphatic rings. The zero-order chi connectivity index (χ0) is 19.7. The molecule has 3 atom stereocenters. The number of nitrogens with one attached hydrogen (secondary N) is 1. The summed E-state index contributed by atoms with van der Waals surface area (Å²) in [5.41, 5.74) is 2.80. The molecule has 0 bridgehead atoms. The SMILES string of the molecule is Cc1ccc(NC(=O)C(CC(C)C)N2C(=O)C3CC=CCC3C2=O)c(C)c1. The van der Waals surface area contributed by atoms with E-state index in [2.05, 4.69) is 5.32 Å². The quantitative estimate of drug-likeness (QED) is 0.638. The molecule has 3 amide bonds. The van der Waals surface area contributed by atoms with Gasteiger partial charge in [-0.3, -0.25) is 19.3 Å². The van der Waals surface area contributed by atoms with Crippen LogP contribution >= 0.6 is 0 Å². The second-order valence-corrected chi connectivity index (χ2v) is 8.16. The van der Waals surface area contributed by atoms with E-state index in [0.717, 1.165) is 16.8 Å². The van der Waals surface area contributed by atoms with Crippen molar-refractivity contribution in [2.75, 3.05) is 5.32 Å². The number of aryl methyl sites for hydroxylation is 2. The van der Waals surface area contributed by atoms with E-state index in [0.29, 0.717) is 19.3 Å². The van der Waals surface area contributed by atoms with E-state index in [1.165, 1.54) is 4.90 Å². The Balaban J connectivity index is 1.86. The van der Waals surface area contributed by atoms with Gasteiger partial charge in [0.2, 0.25) is 17.7 Å². The van der Waals surface area contributed by atoms with Crippen molar-refractivity contribution < 1.29 is 14.4 Å². The predicted molar refractivity (Wildman–Crippen MR) is 105 cm³/mol. The van der Waals surface area contributed by atoms with Crippen LogP contribution in [0.25, 0.3) is 0 Å². The molecule has 1 N–H and O–H groups in total. The maximum Gasteiger partial charge on any atom is 0.247 e. The Morgan fingerprint density at radius 2 is 1.70 bits per heavy atom. The molecule has 0 aromatic heterocycles. The van der Waals surface area contributed by atoms with E-state index < -0.39 is 6.04 Å². The van der Waals surface area contributed by atoms with Crippen LogP contribution in [0.5, 0.6) is 0 Å². The van der Waals surface area contributed by atoms with Gasteiger partial charge in [0.1, 0.15) is 6.04 Å². The smallest absolute Gasteiger partial charge is 0.247 e. The first-order valence-electron chi connectivity index (χ1n) is 9.69. The molecule has 144 valence electrons. The minimum atomic E-state index is -0.767. The van der Waals surface area contributed by atoms with Gasteiger partial charge >= 0.3 is 0 Å². The average molecular weight is 368 g/mol. The van der Waals surface area contributed by atoms with Gasteiger partial charge in [0.05, 0.1) is 11.8 Å². The normalized spacial score (nSPS) is 22.9. The fourth-order valence-electron chi connectivity index (χ4n) is 4.08. The van der Waals surface area contributed by atoms with Crippen molar-refractivity contribution in [1.29, 1.82) is 0 Å². The summed E-state index contributed by atoms with van der Waals surface area (Å²) < 4.78 is 0. The monoisotopic (exact) mass is 368 g/mol. The van der Waals surface area contributed by atoms with E-state index in [-0.39, 0.29) is 35.5 Å². The number of anilines is 1. The lowest BCUT2D eigenvalue weighted by Gasteiger charge is -2.27. The molecular weight excluding hydrogens is 340 g/mol. The topological polar surface area (TPSA) is 66.5 Å². The number of benzene rings is 1. The number of rotatable bonds is 5. The summed E-state index contributed by atoms with van der Waals surface area (Å²) in [5, 5.41) is 2.94. The number of imide groups is 1. The van der Waals surface area contributed by atoms with Crippen molar-refractivity contribution in [3.63, 3.8) is 0 Å². The van der Waals surface area contributed by atoms with E-state index in [9.17, 15) is 14.4 Å². The van der Waals surface area contributed by atoms with Crippen LogP contribution in [0, 0.1) is 31.6 Å². The van der Waals surface area contributed by atoms with Gasteiger partial charge < -0.3 is 5.32 Å². The molecule has 1 aromatic rings. The van der Waals surface area contributed by atoms with Crippen LogP contribution in [-0.4, -0.2) is 28.7 Å². The molecule has 1 heterocycles. The third-order valence-corrected chi connectivity index (χ3v) is 5.49. The van der Waals surface area contributed by atoms with Gasteiger partial charge in [-0.05, 0) is 50.7 Å². The van der Waals surface area contributed by atoms with Gasteiger partial charge in [-0.2, -0.15) is 0 Å².